The van der Waals surface area contributed by atoms with Crippen LogP contribution in [0.5, 0.6) is 0 Å². The first-order valence-corrected chi connectivity index (χ1v) is 13.8. The lowest BCUT2D eigenvalue weighted by molar-refractivity contribution is -0.127. The fourth-order valence-electron chi connectivity index (χ4n) is 5.31. The van der Waals surface area contributed by atoms with Crippen LogP contribution in [-0.4, -0.2) is 35.2 Å². The van der Waals surface area contributed by atoms with Gasteiger partial charge in [-0.15, -0.1) is 11.3 Å². The Balaban J connectivity index is 1.72. The number of carboxylic acids is 1. The zero-order valence-electron chi connectivity index (χ0n) is 21.3. The predicted octanol–water partition coefficient (Wildman–Crippen LogP) is 5.00. The first kappa shape index (κ1) is 27.0. The molecule has 1 aliphatic heterocycles. The third kappa shape index (κ3) is 6.10. The Kier molecular flexibility index (Phi) is 8.44. The molecular weight excluding hydrogens is 490 g/mol. The summed E-state index contributed by atoms with van der Waals surface area (Å²) in [5, 5.41) is 15.7. The molecule has 1 fully saturated rings. The van der Waals surface area contributed by atoms with Crippen LogP contribution < -0.4 is 16.4 Å². The molecule has 2 bridgehead atoms. The van der Waals surface area contributed by atoms with E-state index in [0.717, 1.165) is 30.6 Å². The van der Waals surface area contributed by atoms with Gasteiger partial charge in [0.2, 0.25) is 11.8 Å². The smallest absolute Gasteiger partial charge is 0.335 e. The van der Waals surface area contributed by atoms with Crippen molar-refractivity contribution < 1.29 is 24.3 Å². The van der Waals surface area contributed by atoms with E-state index in [1.54, 1.807) is 6.07 Å². The van der Waals surface area contributed by atoms with Crippen LogP contribution in [-0.2, 0) is 9.59 Å². The molecule has 2 aliphatic rings. The molecule has 8 nitrogen and oxygen atoms in total. The minimum atomic E-state index is -1.10. The van der Waals surface area contributed by atoms with Gasteiger partial charge < -0.3 is 21.5 Å². The van der Waals surface area contributed by atoms with Gasteiger partial charge in [0.1, 0.15) is 0 Å². The molecule has 4 rings (SSSR count). The number of thiophene rings is 1. The Morgan fingerprint density at radius 2 is 1.81 bits per heavy atom. The zero-order valence-corrected chi connectivity index (χ0v) is 22.2. The molecule has 5 N–H and O–H groups in total. The number of Topliss-reactive ketones (excluding diaryl/α,β-unsaturated/α-hetero) is 1. The van der Waals surface area contributed by atoms with Crippen molar-refractivity contribution in [3.05, 3.63) is 39.6 Å². The Morgan fingerprint density at radius 3 is 2.46 bits per heavy atom. The molecule has 1 aromatic heterocycles. The molecule has 0 spiro atoms. The number of hydrogen-bond donors (Lipinski definition) is 4. The number of nitrogens with two attached hydrogens (primary N) is 1. The average Bonchev–Trinajstić information content (AvgIpc) is 3.33. The van der Waals surface area contributed by atoms with Crippen molar-refractivity contribution in [2.24, 2.45) is 23.5 Å². The summed E-state index contributed by atoms with van der Waals surface area (Å²) in [4.78, 5) is 51.9. The highest BCUT2D eigenvalue weighted by atomic mass is 32.1. The van der Waals surface area contributed by atoms with Crippen molar-refractivity contribution in [2.75, 3.05) is 11.9 Å². The van der Waals surface area contributed by atoms with E-state index < -0.39 is 5.97 Å². The standard InChI is InChI=1S/C28H35N3O5S/c1-15-4-3-5-22(30-27(34)18-8-6-17(14-29)7-9-18)24-13-21(25(37-24)16(2)32)20-11-10-19(28(35)36)12-23(20)31-26(15)33/h10-13,15,17-18,22H,3-9,14,29H2,1-2H3,(H,30,34)(H,31,33)(H,35,36)/t15-,17-,18-,22+/m1/s1. The van der Waals surface area contributed by atoms with E-state index in [0.29, 0.717) is 53.4 Å². The van der Waals surface area contributed by atoms with Gasteiger partial charge in [0.15, 0.2) is 5.78 Å². The molecule has 1 aliphatic carbocycles. The number of fused-ring (bicyclic) bond motifs is 4. The summed E-state index contributed by atoms with van der Waals surface area (Å²) in [5.41, 5.74) is 7.45. The molecular formula is C28H35N3O5S. The highest BCUT2D eigenvalue weighted by Gasteiger charge is 2.30. The van der Waals surface area contributed by atoms with Crippen LogP contribution in [0, 0.1) is 17.8 Å². The van der Waals surface area contributed by atoms with Crippen molar-refractivity contribution in [1.29, 1.82) is 0 Å². The number of carboxylic acid groups (broad SMARTS) is 1. The van der Waals surface area contributed by atoms with E-state index in [1.165, 1.54) is 30.4 Å². The molecule has 1 saturated carbocycles. The summed E-state index contributed by atoms with van der Waals surface area (Å²) in [6.07, 6.45) is 5.55. The van der Waals surface area contributed by atoms with Crippen LogP contribution in [0.25, 0.3) is 11.1 Å². The van der Waals surface area contributed by atoms with E-state index in [9.17, 15) is 24.3 Å². The van der Waals surface area contributed by atoms with E-state index in [-0.39, 0.29) is 41.0 Å². The summed E-state index contributed by atoms with van der Waals surface area (Å²) in [6.45, 7) is 3.99. The van der Waals surface area contributed by atoms with Crippen molar-refractivity contribution in [1.82, 2.24) is 5.32 Å². The van der Waals surface area contributed by atoms with Gasteiger partial charge in [-0.05, 0) is 76.1 Å². The summed E-state index contributed by atoms with van der Waals surface area (Å²) in [5.74, 6) is -1.26. The number of anilines is 1. The normalized spacial score (nSPS) is 24.1. The van der Waals surface area contributed by atoms with Gasteiger partial charge >= 0.3 is 5.97 Å². The van der Waals surface area contributed by atoms with Gasteiger partial charge in [0.25, 0.3) is 0 Å². The van der Waals surface area contributed by atoms with E-state index in [2.05, 4.69) is 10.6 Å². The number of hydrogen-bond acceptors (Lipinski definition) is 6. The van der Waals surface area contributed by atoms with Crippen LogP contribution in [0.1, 0.15) is 89.7 Å². The van der Waals surface area contributed by atoms with Gasteiger partial charge in [-0.25, -0.2) is 4.79 Å². The second kappa shape index (κ2) is 11.6. The SMILES string of the molecule is CC(=O)c1sc2cc1-c1ccc(C(=O)O)cc1NC(=O)[C@H](C)CCC[C@@H]2NC(=O)[C@H]1CC[C@H](CN)CC1. The van der Waals surface area contributed by atoms with Crippen LogP contribution >= 0.6 is 11.3 Å². The Bertz CT molecular complexity index is 1200. The molecule has 0 radical (unpaired) electrons. The van der Waals surface area contributed by atoms with E-state index in [4.69, 9.17) is 5.73 Å². The Hall–Kier alpha value is -3.04. The molecule has 2 atom stereocenters. The molecule has 37 heavy (non-hydrogen) atoms. The number of nitrogens with one attached hydrogen (secondary N) is 2. The molecule has 2 amide bonds. The van der Waals surface area contributed by atoms with Crippen molar-refractivity contribution in [3.63, 3.8) is 0 Å². The molecule has 1 aromatic carbocycles. The highest BCUT2D eigenvalue weighted by Crippen LogP contribution is 2.41. The van der Waals surface area contributed by atoms with Crippen LogP contribution in [0.2, 0.25) is 0 Å². The van der Waals surface area contributed by atoms with Gasteiger partial charge in [-0.3, -0.25) is 14.4 Å². The summed E-state index contributed by atoms with van der Waals surface area (Å²) >= 11 is 1.36. The first-order chi connectivity index (χ1) is 17.7. The van der Waals surface area contributed by atoms with Crippen LogP contribution in [0.15, 0.2) is 24.3 Å². The number of ketones is 1. The summed E-state index contributed by atoms with van der Waals surface area (Å²) < 4.78 is 0. The van der Waals surface area contributed by atoms with Gasteiger partial charge in [-0.2, -0.15) is 0 Å². The second-order valence-electron chi connectivity index (χ2n) is 10.3. The third-order valence-corrected chi connectivity index (χ3v) is 9.02. The summed E-state index contributed by atoms with van der Waals surface area (Å²) in [7, 11) is 0. The number of aromatic carboxylic acids is 1. The lowest BCUT2D eigenvalue weighted by Crippen LogP contribution is -2.36. The summed E-state index contributed by atoms with van der Waals surface area (Å²) in [6, 6.07) is 6.19. The van der Waals surface area contributed by atoms with Crippen molar-refractivity contribution in [2.45, 2.75) is 64.8 Å². The van der Waals surface area contributed by atoms with Crippen molar-refractivity contribution in [3.8, 4) is 11.1 Å². The minimum absolute atomic E-state index is 0.0317. The number of benzene rings is 1. The number of carbonyl (C=O) groups excluding carboxylic acids is 3. The fraction of sp³-hybridized carbons (Fsp3) is 0.500. The Labute approximate surface area is 221 Å². The minimum Gasteiger partial charge on any atom is -0.478 e. The topological polar surface area (TPSA) is 139 Å². The highest BCUT2D eigenvalue weighted by molar-refractivity contribution is 7.14. The van der Waals surface area contributed by atoms with Gasteiger partial charge in [0.05, 0.1) is 16.5 Å². The van der Waals surface area contributed by atoms with Gasteiger partial charge in [-0.1, -0.05) is 19.4 Å². The number of carbonyl (C=O) groups is 4. The molecule has 0 unspecified atom stereocenters. The number of rotatable bonds is 5. The second-order valence-corrected chi connectivity index (χ2v) is 11.4. The molecule has 0 saturated heterocycles. The maximum Gasteiger partial charge on any atom is 0.335 e. The fourth-order valence-corrected chi connectivity index (χ4v) is 6.46. The van der Waals surface area contributed by atoms with E-state index >= 15 is 0 Å². The van der Waals surface area contributed by atoms with Gasteiger partial charge in [0, 0.05) is 33.5 Å². The quantitative estimate of drug-likeness (QED) is 0.405. The largest absolute Gasteiger partial charge is 0.478 e. The maximum atomic E-state index is 13.3. The predicted molar refractivity (Wildman–Crippen MR) is 144 cm³/mol. The molecule has 9 heteroatoms. The molecule has 198 valence electrons. The molecule has 2 aromatic rings. The average molecular weight is 526 g/mol. The zero-order chi connectivity index (χ0) is 26.7. The van der Waals surface area contributed by atoms with E-state index in [1.807, 2.05) is 13.0 Å². The Morgan fingerprint density at radius 1 is 1.08 bits per heavy atom. The lowest BCUT2D eigenvalue weighted by atomic mass is 9.81. The lowest BCUT2D eigenvalue weighted by Gasteiger charge is -2.28. The molecule has 2 heterocycles. The number of amides is 2. The first-order valence-electron chi connectivity index (χ1n) is 13.0. The maximum absolute atomic E-state index is 13.3. The third-order valence-electron chi connectivity index (χ3n) is 7.67. The van der Waals surface area contributed by atoms with Crippen molar-refractivity contribution >= 4 is 40.6 Å². The monoisotopic (exact) mass is 525 g/mol. The van der Waals surface area contributed by atoms with Crippen LogP contribution in [0.4, 0.5) is 5.69 Å². The van der Waals surface area contributed by atoms with Crippen LogP contribution in [0.3, 0.4) is 0 Å².